The summed E-state index contributed by atoms with van der Waals surface area (Å²) in [6.45, 7) is 1.31. The van der Waals surface area contributed by atoms with E-state index in [4.69, 9.17) is 14.2 Å². The molecule has 2 amide bonds. The molecule has 0 fully saturated rings. The molecule has 0 unspecified atom stereocenters. The molecule has 0 aliphatic rings. The SMILES string of the molecule is CCOC(=O)c1ccc(NC(=O)Cn2c(=O)n(CC(=O)NCCc3ccc(OC)c(OC)c3)c(=O)c3sccc32)cc1. The van der Waals surface area contributed by atoms with Gasteiger partial charge in [0.25, 0.3) is 5.56 Å². The van der Waals surface area contributed by atoms with Crippen molar-refractivity contribution in [1.82, 2.24) is 14.5 Å². The number of hydrogen-bond acceptors (Lipinski definition) is 9. The minimum atomic E-state index is -0.784. The van der Waals surface area contributed by atoms with Crippen LogP contribution < -0.4 is 31.4 Å². The average Bonchev–Trinajstić information content (AvgIpc) is 3.48. The first-order valence-electron chi connectivity index (χ1n) is 13.0. The lowest BCUT2D eigenvalue weighted by Crippen LogP contribution is -2.44. The molecule has 0 atom stereocenters. The van der Waals surface area contributed by atoms with Crippen LogP contribution in [0.15, 0.2) is 63.5 Å². The zero-order valence-corrected chi connectivity index (χ0v) is 24.1. The number of carbonyl (C=O) groups is 3. The number of fused-ring (bicyclic) bond motifs is 1. The van der Waals surface area contributed by atoms with Gasteiger partial charge in [-0.2, -0.15) is 0 Å². The lowest BCUT2D eigenvalue weighted by Gasteiger charge is -2.13. The summed E-state index contributed by atoms with van der Waals surface area (Å²) < 4.78 is 17.7. The Morgan fingerprint density at radius 3 is 2.29 bits per heavy atom. The van der Waals surface area contributed by atoms with Gasteiger partial charge in [-0.1, -0.05) is 6.07 Å². The van der Waals surface area contributed by atoms with E-state index in [0.29, 0.717) is 34.7 Å². The molecule has 13 heteroatoms. The normalized spacial score (nSPS) is 10.7. The standard InChI is InChI=1S/C29H30N4O8S/c1-4-41-28(37)19-6-8-20(9-7-19)31-25(35)17-32-21-12-14-42-26(21)27(36)33(29(32)38)16-24(34)30-13-11-18-5-10-22(39-2)23(15-18)40-3/h5-10,12,14-15H,4,11,13,16-17H2,1-3H3,(H,30,34)(H,31,35). The van der Waals surface area contributed by atoms with Crippen LogP contribution in [0.4, 0.5) is 5.69 Å². The third-order valence-corrected chi connectivity index (χ3v) is 7.20. The maximum atomic E-state index is 13.3. The van der Waals surface area contributed by atoms with E-state index in [9.17, 15) is 24.0 Å². The number of aromatic nitrogens is 2. The van der Waals surface area contributed by atoms with E-state index < -0.39 is 42.1 Å². The third-order valence-electron chi connectivity index (χ3n) is 6.30. The summed E-state index contributed by atoms with van der Waals surface area (Å²) >= 11 is 1.12. The van der Waals surface area contributed by atoms with Crippen LogP contribution in [0.5, 0.6) is 11.5 Å². The number of nitrogens with one attached hydrogen (secondary N) is 2. The molecule has 4 rings (SSSR count). The van der Waals surface area contributed by atoms with Crippen molar-refractivity contribution in [2.75, 3.05) is 32.7 Å². The second-order valence-electron chi connectivity index (χ2n) is 9.03. The molecular weight excluding hydrogens is 564 g/mol. The van der Waals surface area contributed by atoms with Gasteiger partial charge in [-0.05, 0) is 66.8 Å². The van der Waals surface area contributed by atoms with E-state index in [-0.39, 0.29) is 17.9 Å². The number of ether oxygens (including phenoxy) is 3. The molecule has 42 heavy (non-hydrogen) atoms. The van der Waals surface area contributed by atoms with Gasteiger partial charge in [0.2, 0.25) is 11.8 Å². The van der Waals surface area contributed by atoms with Gasteiger partial charge in [-0.3, -0.25) is 19.0 Å². The van der Waals surface area contributed by atoms with Crippen molar-refractivity contribution in [2.24, 2.45) is 0 Å². The molecule has 0 saturated heterocycles. The van der Waals surface area contributed by atoms with Crippen LogP contribution >= 0.6 is 11.3 Å². The predicted molar refractivity (Wildman–Crippen MR) is 158 cm³/mol. The number of esters is 1. The molecule has 2 heterocycles. The van der Waals surface area contributed by atoms with Crippen molar-refractivity contribution in [3.8, 4) is 11.5 Å². The number of benzene rings is 2. The van der Waals surface area contributed by atoms with Crippen LogP contribution in [0, 0.1) is 0 Å². The Hall–Kier alpha value is -4.91. The lowest BCUT2D eigenvalue weighted by molar-refractivity contribution is -0.121. The second-order valence-corrected chi connectivity index (χ2v) is 9.95. The Bertz CT molecular complexity index is 1720. The van der Waals surface area contributed by atoms with Crippen molar-refractivity contribution in [2.45, 2.75) is 26.4 Å². The number of hydrogen-bond donors (Lipinski definition) is 2. The quantitative estimate of drug-likeness (QED) is 0.238. The Morgan fingerprint density at radius 2 is 1.60 bits per heavy atom. The monoisotopic (exact) mass is 594 g/mol. The van der Waals surface area contributed by atoms with Crippen LogP contribution in [0.2, 0.25) is 0 Å². The molecule has 0 bridgehead atoms. The Balaban J connectivity index is 1.45. The van der Waals surface area contributed by atoms with Crippen LogP contribution in [0.3, 0.4) is 0 Å². The van der Waals surface area contributed by atoms with Gasteiger partial charge >= 0.3 is 11.7 Å². The maximum absolute atomic E-state index is 13.3. The summed E-state index contributed by atoms with van der Waals surface area (Å²) in [5.41, 5.74) is 0.548. The predicted octanol–water partition coefficient (Wildman–Crippen LogP) is 2.42. The number of thiophene rings is 1. The molecule has 0 aliphatic carbocycles. The molecule has 220 valence electrons. The smallest absolute Gasteiger partial charge is 0.338 e. The molecular formula is C29H30N4O8S. The summed E-state index contributed by atoms with van der Waals surface area (Å²) in [6.07, 6.45) is 0.482. The van der Waals surface area contributed by atoms with E-state index in [2.05, 4.69) is 10.6 Å². The summed E-state index contributed by atoms with van der Waals surface area (Å²) in [4.78, 5) is 63.8. The number of rotatable bonds is 12. The zero-order valence-electron chi connectivity index (χ0n) is 23.3. The van der Waals surface area contributed by atoms with Gasteiger partial charge < -0.3 is 24.8 Å². The molecule has 0 saturated carbocycles. The first-order chi connectivity index (χ1) is 20.2. The van der Waals surface area contributed by atoms with Gasteiger partial charge in [-0.15, -0.1) is 11.3 Å². The highest BCUT2D eigenvalue weighted by atomic mass is 32.1. The minimum Gasteiger partial charge on any atom is -0.493 e. The lowest BCUT2D eigenvalue weighted by atomic mass is 10.1. The molecule has 4 aromatic rings. The van der Waals surface area contributed by atoms with Gasteiger partial charge in [0.1, 0.15) is 17.8 Å². The van der Waals surface area contributed by atoms with E-state index in [1.807, 2.05) is 6.07 Å². The number of anilines is 1. The van der Waals surface area contributed by atoms with Gasteiger partial charge in [0.15, 0.2) is 11.5 Å². The van der Waals surface area contributed by atoms with Gasteiger partial charge in [-0.25, -0.2) is 14.2 Å². The van der Waals surface area contributed by atoms with Crippen LogP contribution in [-0.2, 0) is 33.8 Å². The molecule has 2 aromatic heterocycles. The van der Waals surface area contributed by atoms with E-state index >= 15 is 0 Å². The fourth-order valence-corrected chi connectivity index (χ4v) is 5.10. The first kappa shape index (κ1) is 30.1. The van der Waals surface area contributed by atoms with Gasteiger partial charge in [0, 0.05) is 12.2 Å². The van der Waals surface area contributed by atoms with E-state index in [1.54, 1.807) is 49.7 Å². The van der Waals surface area contributed by atoms with Crippen molar-refractivity contribution in [3.05, 3.63) is 85.9 Å². The summed E-state index contributed by atoms with van der Waals surface area (Å²) in [5.74, 6) is -0.378. The minimum absolute atomic E-state index is 0.242. The summed E-state index contributed by atoms with van der Waals surface area (Å²) in [5, 5.41) is 7.04. The molecule has 0 radical (unpaired) electrons. The number of carbonyl (C=O) groups excluding carboxylic acids is 3. The second kappa shape index (κ2) is 13.6. The van der Waals surface area contributed by atoms with Crippen molar-refractivity contribution in [3.63, 3.8) is 0 Å². The third kappa shape index (κ3) is 6.86. The Labute approximate surface area is 244 Å². The highest BCUT2D eigenvalue weighted by Crippen LogP contribution is 2.27. The zero-order chi connectivity index (χ0) is 30.2. The Morgan fingerprint density at radius 1 is 0.881 bits per heavy atom. The highest BCUT2D eigenvalue weighted by Gasteiger charge is 2.18. The van der Waals surface area contributed by atoms with Crippen LogP contribution in [-0.4, -0.2) is 54.3 Å². The molecule has 0 aliphatic heterocycles. The van der Waals surface area contributed by atoms with Crippen molar-refractivity contribution in [1.29, 1.82) is 0 Å². The average molecular weight is 595 g/mol. The van der Waals surface area contributed by atoms with Crippen LogP contribution in [0.1, 0.15) is 22.8 Å². The first-order valence-corrected chi connectivity index (χ1v) is 13.9. The molecule has 12 nitrogen and oxygen atoms in total. The highest BCUT2D eigenvalue weighted by molar-refractivity contribution is 7.17. The maximum Gasteiger partial charge on any atom is 0.338 e. The van der Waals surface area contributed by atoms with E-state index in [0.717, 1.165) is 26.0 Å². The molecule has 2 N–H and O–H groups in total. The fourth-order valence-electron chi connectivity index (χ4n) is 4.26. The number of amides is 2. The largest absolute Gasteiger partial charge is 0.493 e. The van der Waals surface area contributed by atoms with Crippen molar-refractivity contribution < 1.29 is 28.6 Å². The molecule has 0 spiro atoms. The Kier molecular flexibility index (Phi) is 9.76. The van der Waals surface area contributed by atoms with Crippen LogP contribution in [0.25, 0.3) is 10.2 Å². The number of methoxy groups -OCH3 is 2. The van der Waals surface area contributed by atoms with Crippen molar-refractivity contribution >= 4 is 45.0 Å². The molecule has 2 aromatic carbocycles. The fraction of sp³-hybridized carbons (Fsp3) is 0.276. The topological polar surface area (TPSA) is 147 Å². The van der Waals surface area contributed by atoms with Gasteiger partial charge in [0.05, 0.1) is 31.9 Å². The van der Waals surface area contributed by atoms with E-state index in [1.165, 1.54) is 19.2 Å². The summed E-state index contributed by atoms with van der Waals surface area (Å²) in [7, 11) is 3.08. The summed E-state index contributed by atoms with van der Waals surface area (Å²) in [6, 6.07) is 13.1. The number of nitrogens with zero attached hydrogens (tertiary/aromatic N) is 2.